The van der Waals surface area contributed by atoms with Crippen LogP contribution in [0.3, 0.4) is 0 Å². The molecule has 0 amide bonds. The number of rotatable bonds is 7. The minimum atomic E-state index is 0. The van der Waals surface area contributed by atoms with E-state index in [0.29, 0.717) is 19.3 Å². The van der Waals surface area contributed by atoms with Gasteiger partial charge < -0.3 is 20.1 Å². The van der Waals surface area contributed by atoms with Gasteiger partial charge in [-0.2, -0.15) is 0 Å². The first-order chi connectivity index (χ1) is 10.3. The molecule has 0 bridgehead atoms. The smallest absolute Gasteiger partial charge is 0.191 e. The molecule has 1 unspecified atom stereocenters. The Morgan fingerprint density at radius 3 is 2.95 bits per heavy atom. The van der Waals surface area contributed by atoms with E-state index in [0.717, 1.165) is 38.5 Å². The molecule has 0 spiro atoms. The van der Waals surface area contributed by atoms with Crippen LogP contribution in [0.15, 0.2) is 17.1 Å². The van der Waals surface area contributed by atoms with E-state index in [2.05, 4.69) is 34.7 Å². The van der Waals surface area contributed by atoms with E-state index in [9.17, 15) is 0 Å². The van der Waals surface area contributed by atoms with Gasteiger partial charge in [0, 0.05) is 30.0 Å². The maximum Gasteiger partial charge on any atom is 0.191 e. The number of guanidine groups is 1. The van der Waals surface area contributed by atoms with Gasteiger partial charge in [-0.15, -0.1) is 35.3 Å². The maximum atomic E-state index is 5.61. The molecule has 2 heterocycles. The second kappa shape index (κ2) is 11.2. The summed E-state index contributed by atoms with van der Waals surface area (Å²) in [6.45, 7) is 5.91. The number of hydrogen-bond acceptors (Lipinski definition) is 4. The molecule has 126 valence electrons. The van der Waals surface area contributed by atoms with E-state index in [4.69, 9.17) is 9.47 Å². The Balaban J connectivity index is 0.00000242. The van der Waals surface area contributed by atoms with Crippen molar-refractivity contribution >= 4 is 41.3 Å². The summed E-state index contributed by atoms with van der Waals surface area (Å²) in [7, 11) is 1.78. The summed E-state index contributed by atoms with van der Waals surface area (Å²) in [5.74, 6) is 0.807. The van der Waals surface area contributed by atoms with Gasteiger partial charge in [-0.25, -0.2) is 0 Å². The molecule has 1 fully saturated rings. The number of nitrogens with one attached hydrogen (secondary N) is 2. The highest BCUT2D eigenvalue weighted by molar-refractivity contribution is 14.0. The number of halogens is 1. The zero-order valence-corrected chi connectivity index (χ0v) is 16.4. The average molecular weight is 439 g/mol. The van der Waals surface area contributed by atoms with Crippen LogP contribution in [0, 0.1) is 6.92 Å². The molecule has 0 saturated carbocycles. The lowest BCUT2D eigenvalue weighted by atomic mass is 10.2. The Labute approximate surface area is 153 Å². The lowest BCUT2D eigenvalue weighted by molar-refractivity contribution is 0.0191. The van der Waals surface area contributed by atoms with Crippen molar-refractivity contribution in [3.05, 3.63) is 21.9 Å². The molecule has 7 heteroatoms. The standard InChI is InChI=1S/C15H25N3O2S.HI/c1-12-5-6-14(21-12)10-18-15(16-2)17-7-9-19-11-13-4-3-8-20-13;/h5-6,13H,3-4,7-11H2,1-2H3,(H2,16,17,18);1H. The highest BCUT2D eigenvalue weighted by Gasteiger charge is 2.14. The first-order valence-electron chi connectivity index (χ1n) is 7.47. The second-order valence-electron chi connectivity index (χ2n) is 5.07. The van der Waals surface area contributed by atoms with Crippen LogP contribution < -0.4 is 10.6 Å². The van der Waals surface area contributed by atoms with Crippen LogP contribution in [-0.2, 0) is 16.0 Å². The lowest BCUT2D eigenvalue weighted by Gasteiger charge is -2.13. The van der Waals surface area contributed by atoms with Crippen LogP contribution in [0.25, 0.3) is 0 Å². The topological polar surface area (TPSA) is 54.9 Å². The van der Waals surface area contributed by atoms with Gasteiger partial charge in [-0.3, -0.25) is 4.99 Å². The summed E-state index contributed by atoms with van der Waals surface area (Å²) in [6.07, 6.45) is 2.58. The molecule has 1 aliphatic heterocycles. The molecule has 2 N–H and O–H groups in total. The first-order valence-corrected chi connectivity index (χ1v) is 8.29. The molecule has 2 rings (SSSR count). The summed E-state index contributed by atoms with van der Waals surface area (Å²) in [5.41, 5.74) is 0. The third-order valence-corrected chi connectivity index (χ3v) is 4.32. The molecule has 0 aromatic carbocycles. The molecule has 1 aliphatic rings. The number of thiophene rings is 1. The van der Waals surface area contributed by atoms with Crippen LogP contribution in [0.1, 0.15) is 22.6 Å². The lowest BCUT2D eigenvalue weighted by Crippen LogP contribution is -2.38. The first kappa shape index (κ1) is 19.7. The van der Waals surface area contributed by atoms with E-state index in [1.165, 1.54) is 9.75 Å². The summed E-state index contributed by atoms with van der Waals surface area (Å²) < 4.78 is 11.1. The van der Waals surface area contributed by atoms with Crippen molar-refractivity contribution in [2.45, 2.75) is 32.4 Å². The van der Waals surface area contributed by atoms with Crippen LogP contribution in [0.2, 0.25) is 0 Å². The zero-order chi connectivity index (χ0) is 14.9. The van der Waals surface area contributed by atoms with E-state index >= 15 is 0 Å². The Kier molecular flexibility index (Phi) is 10.0. The van der Waals surface area contributed by atoms with Crippen molar-refractivity contribution in [3.63, 3.8) is 0 Å². The molecule has 1 atom stereocenters. The van der Waals surface area contributed by atoms with E-state index < -0.39 is 0 Å². The SMILES string of the molecule is CN=C(NCCOCC1CCCO1)NCc1ccc(C)s1.I. The van der Waals surface area contributed by atoms with Gasteiger partial charge in [0.1, 0.15) is 0 Å². The van der Waals surface area contributed by atoms with Gasteiger partial charge in [0.15, 0.2) is 5.96 Å². The Morgan fingerprint density at radius 1 is 1.45 bits per heavy atom. The van der Waals surface area contributed by atoms with Gasteiger partial charge in [0.05, 0.1) is 25.9 Å². The minimum absolute atomic E-state index is 0. The van der Waals surface area contributed by atoms with Crippen LogP contribution in [0.5, 0.6) is 0 Å². The van der Waals surface area contributed by atoms with Gasteiger partial charge in [0.25, 0.3) is 0 Å². The number of nitrogens with zero attached hydrogens (tertiary/aromatic N) is 1. The molecule has 1 aromatic heterocycles. The quantitative estimate of drug-likeness (QED) is 0.297. The minimum Gasteiger partial charge on any atom is -0.377 e. The number of ether oxygens (including phenoxy) is 2. The number of aryl methyl sites for hydroxylation is 1. The molecular formula is C15H26IN3O2S. The third-order valence-electron chi connectivity index (χ3n) is 3.32. The molecule has 1 saturated heterocycles. The summed E-state index contributed by atoms with van der Waals surface area (Å²) in [4.78, 5) is 6.84. The molecule has 0 aliphatic carbocycles. The highest BCUT2D eigenvalue weighted by Crippen LogP contribution is 2.14. The van der Waals surface area contributed by atoms with Gasteiger partial charge in [-0.1, -0.05) is 0 Å². The highest BCUT2D eigenvalue weighted by atomic mass is 127. The molecular weight excluding hydrogens is 413 g/mol. The summed E-state index contributed by atoms with van der Waals surface area (Å²) >= 11 is 1.80. The monoisotopic (exact) mass is 439 g/mol. The van der Waals surface area contributed by atoms with Crippen LogP contribution in [0.4, 0.5) is 0 Å². The largest absolute Gasteiger partial charge is 0.377 e. The summed E-state index contributed by atoms with van der Waals surface area (Å²) in [6, 6.07) is 4.28. The van der Waals surface area contributed by atoms with Crippen LogP contribution in [-0.4, -0.2) is 45.5 Å². The van der Waals surface area contributed by atoms with Crippen molar-refractivity contribution in [2.24, 2.45) is 4.99 Å². The Morgan fingerprint density at radius 2 is 2.32 bits per heavy atom. The predicted octanol–water partition coefficient (Wildman–Crippen LogP) is 2.54. The molecule has 1 aromatic rings. The van der Waals surface area contributed by atoms with E-state index in [-0.39, 0.29) is 24.0 Å². The number of hydrogen-bond donors (Lipinski definition) is 2. The maximum absolute atomic E-state index is 5.61. The van der Waals surface area contributed by atoms with Crippen molar-refractivity contribution in [1.82, 2.24) is 10.6 Å². The van der Waals surface area contributed by atoms with Gasteiger partial charge >= 0.3 is 0 Å². The van der Waals surface area contributed by atoms with Crippen LogP contribution >= 0.6 is 35.3 Å². The Hall–Kier alpha value is -0.380. The molecule has 22 heavy (non-hydrogen) atoms. The fraction of sp³-hybridized carbons (Fsp3) is 0.667. The fourth-order valence-corrected chi connectivity index (χ4v) is 3.03. The predicted molar refractivity (Wildman–Crippen MR) is 102 cm³/mol. The van der Waals surface area contributed by atoms with Crippen molar-refractivity contribution in [1.29, 1.82) is 0 Å². The van der Waals surface area contributed by atoms with E-state index in [1.807, 2.05) is 0 Å². The number of aliphatic imine (C=N–C) groups is 1. The van der Waals surface area contributed by atoms with Gasteiger partial charge in [-0.05, 0) is 31.9 Å². The normalized spacial score (nSPS) is 18.1. The molecule has 5 nitrogen and oxygen atoms in total. The van der Waals surface area contributed by atoms with Gasteiger partial charge in [0.2, 0.25) is 0 Å². The Bertz CT molecular complexity index is 448. The van der Waals surface area contributed by atoms with Crippen molar-refractivity contribution in [2.75, 3.05) is 33.4 Å². The van der Waals surface area contributed by atoms with Crippen molar-refractivity contribution < 1.29 is 9.47 Å². The second-order valence-corrected chi connectivity index (χ2v) is 6.45. The molecule has 0 radical (unpaired) electrons. The zero-order valence-electron chi connectivity index (χ0n) is 13.3. The average Bonchev–Trinajstić information content (AvgIpc) is 3.13. The fourth-order valence-electron chi connectivity index (χ4n) is 2.20. The van der Waals surface area contributed by atoms with Crippen molar-refractivity contribution in [3.8, 4) is 0 Å². The summed E-state index contributed by atoms with van der Waals surface area (Å²) in [5, 5.41) is 6.55. The van der Waals surface area contributed by atoms with E-state index in [1.54, 1.807) is 18.4 Å². The third kappa shape index (κ3) is 7.26.